The highest BCUT2D eigenvalue weighted by Gasteiger charge is 2.21. The number of amides is 1. The first-order chi connectivity index (χ1) is 12.7. The Morgan fingerprint density at radius 1 is 1.11 bits per heavy atom. The third kappa shape index (κ3) is 6.15. The molecule has 0 radical (unpaired) electrons. The third-order valence-electron chi connectivity index (χ3n) is 3.78. The molecule has 0 bridgehead atoms. The second-order valence-electron chi connectivity index (χ2n) is 6.46. The van der Waals surface area contributed by atoms with Crippen molar-refractivity contribution in [1.29, 1.82) is 0 Å². The van der Waals surface area contributed by atoms with Crippen molar-refractivity contribution in [3.05, 3.63) is 47.5 Å². The Hall–Kier alpha value is -2.25. The van der Waals surface area contributed by atoms with E-state index in [0.29, 0.717) is 28.7 Å². The number of carbonyl (C=O) groups is 1. The van der Waals surface area contributed by atoms with E-state index in [1.807, 2.05) is 13.8 Å². The van der Waals surface area contributed by atoms with Crippen LogP contribution in [0.3, 0.4) is 0 Å². The number of halogens is 1. The van der Waals surface area contributed by atoms with Crippen molar-refractivity contribution in [1.82, 2.24) is 0 Å². The minimum absolute atomic E-state index is 0.0680. The van der Waals surface area contributed by atoms with Gasteiger partial charge in [0.05, 0.1) is 7.11 Å². The number of sulfonamides is 1. The van der Waals surface area contributed by atoms with Crippen molar-refractivity contribution in [2.45, 2.75) is 31.6 Å². The summed E-state index contributed by atoms with van der Waals surface area (Å²) in [4.78, 5) is 12.0. The van der Waals surface area contributed by atoms with Crippen LogP contribution in [-0.4, -0.2) is 21.4 Å². The van der Waals surface area contributed by atoms with Gasteiger partial charge in [0, 0.05) is 22.8 Å². The molecule has 0 atom stereocenters. The van der Waals surface area contributed by atoms with E-state index in [-0.39, 0.29) is 16.6 Å². The molecule has 0 fully saturated rings. The predicted octanol–water partition coefficient (Wildman–Crippen LogP) is 4.52. The zero-order valence-corrected chi connectivity index (χ0v) is 17.0. The zero-order chi connectivity index (χ0) is 20.0. The molecule has 0 aromatic heterocycles. The van der Waals surface area contributed by atoms with Gasteiger partial charge in [0.2, 0.25) is 5.91 Å². The molecule has 0 heterocycles. The van der Waals surface area contributed by atoms with Crippen molar-refractivity contribution in [3.8, 4) is 5.75 Å². The van der Waals surface area contributed by atoms with Gasteiger partial charge in [-0.3, -0.25) is 9.52 Å². The average molecular weight is 411 g/mol. The summed E-state index contributed by atoms with van der Waals surface area (Å²) >= 11 is 5.82. The Kier molecular flexibility index (Phi) is 7.10. The van der Waals surface area contributed by atoms with Gasteiger partial charge in [-0.1, -0.05) is 25.4 Å². The number of anilines is 2. The predicted molar refractivity (Wildman–Crippen MR) is 108 cm³/mol. The lowest BCUT2D eigenvalue weighted by molar-refractivity contribution is -0.116. The summed E-state index contributed by atoms with van der Waals surface area (Å²) in [5, 5.41) is 3.23. The molecule has 0 saturated carbocycles. The minimum Gasteiger partial charge on any atom is -0.495 e. The number of rotatable bonds is 8. The normalized spacial score (nSPS) is 11.3. The lowest BCUT2D eigenvalue weighted by atomic mass is 10.1. The molecule has 2 aromatic carbocycles. The van der Waals surface area contributed by atoms with E-state index in [0.717, 1.165) is 6.42 Å². The number of nitrogens with one attached hydrogen (secondary N) is 2. The second kappa shape index (κ2) is 9.10. The Morgan fingerprint density at radius 3 is 2.33 bits per heavy atom. The Balaban J connectivity index is 2.25. The highest BCUT2D eigenvalue weighted by molar-refractivity contribution is 7.92. The minimum atomic E-state index is -3.92. The summed E-state index contributed by atoms with van der Waals surface area (Å²) in [6.45, 7) is 4.07. The van der Waals surface area contributed by atoms with E-state index in [4.69, 9.17) is 16.3 Å². The first kappa shape index (κ1) is 21.1. The van der Waals surface area contributed by atoms with Gasteiger partial charge < -0.3 is 10.1 Å². The number of hydrogen-bond acceptors (Lipinski definition) is 4. The summed E-state index contributed by atoms with van der Waals surface area (Å²) in [5.41, 5.74) is 0.758. The molecule has 2 rings (SSSR count). The van der Waals surface area contributed by atoms with Crippen LogP contribution in [0.4, 0.5) is 11.4 Å². The lowest BCUT2D eigenvalue weighted by Crippen LogP contribution is -2.16. The summed E-state index contributed by atoms with van der Waals surface area (Å²) in [7, 11) is -2.54. The van der Waals surface area contributed by atoms with Gasteiger partial charge in [0.15, 0.2) is 0 Å². The molecule has 27 heavy (non-hydrogen) atoms. The molecular weight excluding hydrogens is 388 g/mol. The van der Waals surface area contributed by atoms with E-state index in [2.05, 4.69) is 10.0 Å². The number of hydrogen-bond donors (Lipinski definition) is 2. The number of benzene rings is 2. The topological polar surface area (TPSA) is 84.5 Å². The molecule has 146 valence electrons. The molecule has 2 aromatic rings. The molecule has 0 unspecified atom stereocenters. The lowest BCUT2D eigenvalue weighted by Gasteiger charge is -2.14. The fourth-order valence-corrected chi connectivity index (χ4v) is 3.72. The van der Waals surface area contributed by atoms with Gasteiger partial charge in [0.1, 0.15) is 10.6 Å². The first-order valence-corrected chi connectivity index (χ1v) is 10.3. The standard InChI is InChI=1S/C19H23ClN2O4S/c1-13(2)4-11-19(23)21-16-9-10-17(26-3)18(12-16)27(24,25)22-15-7-5-14(20)6-8-15/h5-10,12-13,22H,4,11H2,1-3H3,(H,21,23). The molecule has 6 nitrogen and oxygen atoms in total. The van der Waals surface area contributed by atoms with Crippen LogP contribution in [-0.2, 0) is 14.8 Å². The number of methoxy groups -OCH3 is 1. The Morgan fingerprint density at radius 2 is 1.74 bits per heavy atom. The van der Waals surface area contributed by atoms with Gasteiger partial charge in [-0.25, -0.2) is 8.42 Å². The van der Waals surface area contributed by atoms with Crippen molar-refractivity contribution in [2.24, 2.45) is 5.92 Å². The Labute approximate surface area is 164 Å². The fraction of sp³-hybridized carbons (Fsp3) is 0.316. The maximum Gasteiger partial charge on any atom is 0.265 e. The van der Waals surface area contributed by atoms with Crippen LogP contribution >= 0.6 is 11.6 Å². The van der Waals surface area contributed by atoms with Crippen molar-refractivity contribution >= 4 is 38.9 Å². The van der Waals surface area contributed by atoms with Crippen LogP contribution in [0.1, 0.15) is 26.7 Å². The van der Waals surface area contributed by atoms with Gasteiger partial charge in [-0.05, 0) is 54.8 Å². The summed E-state index contributed by atoms with van der Waals surface area (Å²) in [6.07, 6.45) is 1.13. The van der Waals surface area contributed by atoms with Gasteiger partial charge >= 0.3 is 0 Å². The van der Waals surface area contributed by atoms with Crippen LogP contribution in [0.5, 0.6) is 5.75 Å². The summed E-state index contributed by atoms with van der Waals surface area (Å²) in [6, 6.07) is 10.8. The van der Waals surface area contributed by atoms with E-state index in [9.17, 15) is 13.2 Å². The molecule has 8 heteroatoms. The van der Waals surface area contributed by atoms with Crippen LogP contribution in [0, 0.1) is 5.92 Å². The van der Waals surface area contributed by atoms with Crippen LogP contribution in [0.15, 0.2) is 47.4 Å². The highest BCUT2D eigenvalue weighted by atomic mass is 35.5. The zero-order valence-electron chi connectivity index (χ0n) is 15.5. The highest BCUT2D eigenvalue weighted by Crippen LogP contribution is 2.29. The smallest absolute Gasteiger partial charge is 0.265 e. The monoisotopic (exact) mass is 410 g/mol. The average Bonchev–Trinajstić information content (AvgIpc) is 2.61. The number of ether oxygens (including phenoxy) is 1. The fourth-order valence-electron chi connectivity index (χ4n) is 2.34. The molecule has 2 N–H and O–H groups in total. The van der Waals surface area contributed by atoms with E-state index < -0.39 is 10.0 Å². The van der Waals surface area contributed by atoms with Crippen LogP contribution < -0.4 is 14.8 Å². The molecule has 0 spiro atoms. The van der Waals surface area contributed by atoms with Gasteiger partial charge in [0.25, 0.3) is 10.0 Å². The van der Waals surface area contributed by atoms with E-state index >= 15 is 0 Å². The summed E-state index contributed by atoms with van der Waals surface area (Å²) < 4.78 is 33.2. The quantitative estimate of drug-likeness (QED) is 0.669. The second-order valence-corrected chi connectivity index (χ2v) is 8.55. The Bertz CT molecular complexity index is 896. The molecule has 0 aliphatic rings. The van der Waals surface area contributed by atoms with Crippen molar-refractivity contribution < 1.29 is 17.9 Å². The maximum atomic E-state index is 12.8. The van der Waals surface area contributed by atoms with Gasteiger partial charge in [-0.15, -0.1) is 0 Å². The van der Waals surface area contributed by atoms with Crippen LogP contribution in [0.25, 0.3) is 0 Å². The molecule has 0 saturated heterocycles. The molecule has 0 aliphatic carbocycles. The number of carbonyl (C=O) groups excluding carboxylic acids is 1. The van der Waals surface area contributed by atoms with Crippen LogP contribution in [0.2, 0.25) is 5.02 Å². The van der Waals surface area contributed by atoms with Crippen molar-refractivity contribution in [3.63, 3.8) is 0 Å². The molecular formula is C19H23ClN2O4S. The largest absolute Gasteiger partial charge is 0.495 e. The molecule has 1 amide bonds. The maximum absolute atomic E-state index is 12.8. The molecule has 0 aliphatic heterocycles. The van der Waals surface area contributed by atoms with E-state index in [1.54, 1.807) is 30.3 Å². The third-order valence-corrected chi connectivity index (χ3v) is 5.44. The summed E-state index contributed by atoms with van der Waals surface area (Å²) in [5.74, 6) is 0.422. The van der Waals surface area contributed by atoms with Gasteiger partial charge in [-0.2, -0.15) is 0 Å². The van der Waals surface area contributed by atoms with Crippen molar-refractivity contribution in [2.75, 3.05) is 17.1 Å². The van der Waals surface area contributed by atoms with E-state index in [1.165, 1.54) is 19.2 Å². The first-order valence-electron chi connectivity index (χ1n) is 8.47. The SMILES string of the molecule is COc1ccc(NC(=O)CCC(C)C)cc1S(=O)(=O)Nc1ccc(Cl)cc1.